The van der Waals surface area contributed by atoms with E-state index in [9.17, 15) is 4.79 Å². The smallest absolute Gasteiger partial charge is 0.373 e. The molecule has 0 spiro atoms. The number of hydrogen-bond donors (Lipinski definition) is 1. The second kappa shape index (κ2) is 12.1. The van der Waals surface area contributed by atoms with Crippen molar-refractivity contribution in [3.63, 3.8) is 0 Å². The average Bonchev–Trinajstić information content (AvgIpc) is 3.25. The third kappa shape index (κ3) is 6.46. The monoisotopic (exact) mass is 443 g/mol. The summed E-state index contributed by atoms with van der Waals surface area (Å²) in [7, 11) is 0. The predicted molar refractivity (Wildman–Crippen MR) is 125 cm³/mol. The summed E-state index contributed by atoms with van der Waals surface area (Å²) in [6.07, 6.45) is 2.08. The molecule has 1 amide bonds. The zero-order valence-corrected chi connectivity index (χ0v) is 18.4. The number of aromatic nitrogens is 2. The first-order valence-corrected chi connectivity index (χ1v) is 10.6. The number of benzene rings is 3. The van der Waals surface area contributed by atoms with Gasteiger partial charge in [0.25, 0.3) is 5.91 Å². The van der Waals surface area contributed by atoms with Crippen molar-refractivity contribution in [2.45, 2.75) is 13.5 Å². The van der Waals surface area contributed by atoms with E-state index in [-0.39, 0.29) is 12.1 Å². The summed E-state index contributed by atoms with van der Waals surface area (Å²) in [5, 5.41) is 2.87. The number of rotatable bonds is 8. The molecule has 1 aromatic heterocycles. The maximum absolute atomic E-state index is 12.3. The van der Waals surface area contributed by atoms with Crippen LogP contribution in [0.15, 0.2) is 79.1 Å². The number of ether oxygens (including phenoxy) is 1. The third-order valence-corrected chi connectivity index (χ3v) is 5.03. The lowest BCUT2D eigenvalue weighted by atomic mass is 10.0. The van der Waals surface area contributed by atoms with Gasteiger partial charge in [0.1, 0.15) is 0 Å². The molecule has 0 radical (unpaired) electrons. The van der Waals surface area contributed by atoms with Crippen molar-refractivity contribution >= 4 is 23.1 Å². The summed E-state index contributed by atoms with van der Waals surface area (Å²) < 4.78 is 7.35. The van der Waals surface area contributed by atoms with Crippen LogP contribution in [0, 0.1) is 0 Å². The highest BCUT2D eigenvalue weighted by molar-refractivity contribution is 5.97. The number of nitrogens with zero attached hydrogens (tertiary/aromatic N) is 2. The minimum absolute atomic E-state index is 0.109. The average molecular weight is 444 g/mol. The number of amides is 1. The molecular formula is C26H25N3O4. The van der Waals surface area contributed by atoms with Crippen LogP contribution in [0.2, 0.25) is 0 Å². The first-order valence-electron chi connectivity index (χ1n) is 10.6. The minimum Gasteiger partial charge on any atom is -0.380 e. The lowest BCUT2D eigenvalue weighted by Crippen LogP contribution is -2.27. The molecule has 7 heteroatoms. The molecule has 4 rings (SSSR count). The van der Waals surface area contributed by atoms with Crippen LogP contribution in [0.3, 0.4) is 0 Å². The first-order chi connectivity index (χ1) is 16.2. The van der Waals surface area contributed by atoms with Gasteiger partial charge in [0.2, 0.25) is 0 Å². The quantitative estimate of drug-likeness (QED) is 0.417. The van der Waals surface area contributed by atoms with Gasteiger partial charge in [-0.2, -0.15) is 9.59 Å². The largest absolute Gasteiger partial charge is 0.380 e. The minimum atomic E-state index is -0.109. The SMILES string of the molecule is CCOCCNC(=O)c1ccc2c(c1)ncn2Cc1ccc(-c2ccccc2)cc1.O=C=O. The molecule has 0 aliphatic carbocycles. The second-order valence-corrected chi connectivity index (χ2v) is 7.18. The molecule has 1 N–H and O–H groups in total. The van der Waals surface area contributed by atoms with Crippen LogP contribution < -0.4 is 5.32 Å². The van der Waals surface area contributed by atoms with Crippen molar-refractivity contribution in [1.29, 1.82) is 0 Å². The van der Waals surface area contributed by atoms with Crippen LogP contribution in [0.4, 0.5) is 0 Å². The Bertz CT molecular complexity index is 1210. The molecule has 33 heavy (non-hydrogen) atoms. The molecule has 0 saturated heterocycles. The van der Waals surface area contributed by atoms with Gasteiger partial charge >= 0.3 is 6.15 Å². The highest BCUT2D eigenvalue weighted by Gasteiger charge is 2.09. The number of carbonyl (C=O) groups is 1. The van der Waals surface area contributed by atoms with Crippen LogP contribution in [0.1, 0.15) is 22.8 Å². The summed E-state index contributed by atoms with van der Waals surface area (Å²) in [5.74, 6) is -0.109. The van der Waals surface area contributed by atoms with E-state index in [2.05, 4.69) is 51.3 Å². The highest BCUT2D eigenvalue weighted by atomic mass is 16.5. The van der Waals surface area contributed by atoms with Crippen molar-refractivity contribution in [2.75, 3.05) is 19.8 Å². The Hall–Kier alpha value is -4.06. The van der Waals surface area contributed by atoms with E-state index in [1.807, 2.05) is 49.6 Å². The maximum Gasteiger partial charge on any atom is 0.373 e. The summed E-state index contributed by atoms with van der Waals surface area (Å²) in [6, 6.07) is 24.6. The Kier molecular flexibility index (Phi) is 8.65. The van der Waals surface area contributed by atoms with Crippen molar-refractivity contribution in [1.82, 2.24) is 14.9 Å². The molecule has 0 aliphatic heterocycles. The van der Waals surface area contributed by atoms with Gasteiger partial charge in [-0.15, -0.1) is 0 Å². The van der Waals surface area contributed by atoms with Crippen molar-refractivity contribution in [3.8, 4) is 11.1 Å². The van der Waals surface area contributed by atoms with Gasteiger partial charge in [-0.05, 0) is 41.8 Å². The van der Waals surface area contributed by atoms with Gasteiger partial charge in [0.05, 0.1) is 24.0 Å². The molecule has 1 heterocycles. The van der Waals surface area contributed by atoms with Gasteiger partial charge in [0, 0.05) is 25.3 Å². The van der Waals surface area contributed by atoms with Gasteiger partial charge in [-0.1, -0.05) is 54.6 Å². The van der Waals surface area contributed by atoms with Crippen LogP contribution >= 0.6 is 0 Å². The molecule has 3 aromatic carbocycles. The lowest BCUT2D eigenvalue weighted by molar-refractivity contribution is -0.191. The fourth-order valence-electron chi connectivity index (χ4n) is 3.44. The van der Waals surface area contributed by atoms with Gasteiger partial charge in [-0.25, -0.2) is 4.98 Å². The van der Waals surface area contributed by atoms with Gasteiger partial charge in [-0.3, -0.25) is 4.79 Å². The number of fused-ring (bicyclic) bond motifs is 1. The van der Waals surface area contributed by atoms with Crippen molar-refractivity contribution in [2.24, 2.45) is 0 Å². The molecule has 0 saturated carbocycles. The Morgan fingerprint density at radius 2 is 1.70 bits per heavy atom. The number of carbonyl (C=O) groups excluding carboxylic acids is 3. The molecule has 0 atom stereocenters. The fourth-order valence-corrected chi connectivity index (χ4v) is 3.44. The van der Waals surface area contributed by atoms with Gasteiger partial charge in [0.15, 0.2) is 0 Å². The number of nitrogens with one attached hydrogen (secondary N) is 1. The predicted octanol–water partition coefficient (Wildman–Crippen LogP) is 3.93. The normalized spacial score (nSPS) is 10.2. The molecule has 168 valence electrons. The lowest BCUT2D eigenvalue weighted by Gasteiger charge is -2.08. The Labute approximate surface area is 192 Å². The van der Waals surface area contributed by atoms with Crippen LogP contribution in [0.25, 0.3) is 22.2 Å². The number of hydrogen-bond acceptors (Lipinski definition) is 5. The standard InChI is InChI=1S/C25H25N3O2.CO2/c1-2-30-15-14-26-25(29)22-12-13-24-23(16-22)27-18-28(24)17-19-8-10-21(11-9-19)20-6-4-3-5-7-20;2-1-3/h3-13,16,18H,2,14-15,17H2,1H3,(H,26,29);. The summed E-state index contributed by atoms with van der Waals surface area (Å²) in [4.78, 5) is 33.0. The molecule has 0 unspecified atom stereocenters. The maximum atomic E-state index is 12.3. The van der Waals surface area contributed by atoms with Gasteiger partial charge < -0.3 is 14.6 Å². The molecule has 0 aliphatic rings. The first kappa shape index (κ1) is 23.6. The van der Waals surface area contributed by atoms with Crippen LogP contribution in [-0.4, -0.2) is 41.4 Å². The molecule has 0 fully saturated rings. The van der Waals surface area contributed by atoms with E-state index >= 15 is 0 Å². The summed E-state index contributed by atoms with van der Waals surface area (Å²) >= 11 is 0. The second-order valence-electron chi connectivity index (χ2n) is 7.18. The molecule has 4 aromatic rings. The van der Waals surface area contributed by atoms with E-state index in [0.29, 0.717) is 25.3 Å². The van der Waals surface area contributed by atoms with E-state index in [0.717, 1.165) is 17.6 Å². The van der Waals surface area contributed by atoms with E-state index in [4.69, 9.17) is 14.3 Å². The topological polar surface area (TPSA) is 90.3 Å². The van der Waals surface area contributed by atoms with Crippen molar-refractivity contribution in [3.05, 3.63) is 90.3 Å². The zero-order chi connectivity index (χ0) is 23.5. The fraction of sp³-hybridized carbons (Fsp3) is 0.192. The Balaban J connectivity index is 0.000000968. The number of imidazole rings is 1. The van der Waals surface area contributed by atoms with Crippen LogP contribution in [-0.2, 0) is 20.9 Å². The van der Waals surface area contributed by atoms with Crippen molar-refractivity contribution < 1.29 is 19.1 Å². The highest BCUT2D eigenvalue weighted by Crippen LogP contribution is 2.21. The van der Waals surface area contributed by atoms with Crippen LogP contribution in [0.5, 0.6) is 0 Å². The molecular weight excluding hydrogens is 418 g/mol. The third-order valence-electron chi connectivity index (χ3n) is 5.03. The van der Waals surface area contributed by atoms with E-state index in [1.165, 1.54) is 16.7 Å². The molecule has 7 nitrogen and oxygen atoms in total. The van der Waals surface area contributed by atoms with E-state index < -0.39 is 0 Å². The summed E-state index contributed by atoms with van der Waals surface area (Å²) in [5.41, 5.74) is 6.04. The summed E-state index contributed by atoms with van der Waals surface area (Å²) in [6.45, 7) is 4.32. The Morgan fingerprint density at radius 3 is 2.39 bits per heavy atom. The Morgan fingerprint density at radius 1 is 1.00 bits per heavy atom. The van der Waals surface area contributed by atoms with E-state index in [1.54, 1.807) is 0 Å². The zero-order valence-electron chi connectivity index (χ0n) is 18.4. The molecule has 0 bridgehead atoms.